The zero-order valence-corrected chi connectivity index (χ0v) is 20.2. The summed E-state index contributed by atoms with van der Waals surface area (Å²) in [6.07, 6.45) is 0. The molecular weight excluding hydrogens is 485 g/mol. The molecule has 2 aromatic rings. The second-order valence-corrected chi connectivity index (χ2v) is 7.85. The fraction of sp³-hybridized carbons (Fsp3) is 0.500. The van der Waals surface area contributed by atoms with Gasteiger partial charge in [0.15, 0.2) is 5.96 Å². The number of anilines is 1. The largest absolute Gasteiger partial charge is 0.495 e. The van der Waals surface area contributed by atoms with E-state index in [1.165, 1.54) is 4.88 Å². The van der Waals surface area contributed by atoms with Gasteiger partial charge in [-0.2, -0.15) is 0 Å². The highest BCUT2D eigenvalue weighted by atomic mass is 127. The number of thiazole rings is 1. The Morgan fingerprint density at radius 1 is 1.21 bits per heavy atom. The van der Waals surface area contributed by atoms with E-state index in [2.05, 4.69) is 46.1 Å². The summed E-state index contributed by atoms with van der Waals surface area (Å²) in [5.41, 5.74) is 2.26. The SMILES string of the molecule is CCNC(=NCc1sc(C)nc1C)N1CCN(c2ccccc2OC)CC1.I. The molecule has 1 aliphatic heterocycles. The minimum Gasteiger partial charge on any atom is -0.495 e. The van der Waals surface area contributed by atoms with E-state index in [4.69, 9.17) is 9.73 Å². The van der Waals surface area contributed by atoms with Gasteiger partial charge < -0.3 is 19.9 Å². The van der Waals surface area contributed by atoms with Gasteiger partial charge in [-0.3, -0.25) is 0 Å². The second kappa shape index (κ2) is 10.8. The van der Waals surface area contributed by atoms with E-state index in [-0.39, 0.29) is 24.0 Å². The molecule has 1 N–H and O–H groups in total. The number of aromatic nitrogens is 1. The van der Waals surface area contributed by atoms with E-state index >= 15 is 0 Å². The predicted octanol–water partition coefficient (Wildman–Crippen LogP) is 3.67. The minimum atomic E-state index is 0. The van der Waals surface area contributed by atoms with Crippen LogP contribution in [0.15, 0.2) is 29.3 Å². The van der Waals surface area contributed by atoms with Gasteiger partial charge in [-0.25, -0.2) is 9.98 Å². The van der Waals surface area contributed by atoms with E-state index in [9.17, 15) is 0 Å². The lowest BCUT2D eigenvalue weighted by molar-refractivity contribution is 0.367. The normalized spacial score (nSPS) is 14.6. The number of guanidine groups is 1. The van der Waals surface area contributed by atoms with Crippen LogP contribution in [0.3, 0.4) is 0 Å². The average molecular weight is 515 g/mol. The molecule has 2 heterocycles. The highest BCUT2D eigenvalue weighted by Gasteiger charge is 2.21. The van der Waals surface area contributed by atoms with Crippen LogP contribution in [0.1, 0.15) is 22.5 Å². The summed E-state index contributed by atoms with van der Waals surface area (Å²) in [6.45, 7) is 11.5. The van der Waals surface area contributed by atoms with Crippen molar-refractivity contribution < 1.29 is 4.74 Å². The Kier molecular flexibility index (Phi) is 8.81. The standard InChI is InChI=1S/C20H29N5OS.HI/c1-5-21-20(22-14-19-15(2)23-16(3)27-19)25-12-10-24(11-13-25)17-8-6-7-9-18(17)26-4;/h6-9H,5,10-14H2,1-4H3,(H,21,22);1H. The van der Waals surface area contributed by atoms with Crippen LogP contribution < -0.4 is 15.0 Å². The first-order valence-electron chi connectivity index (χ1n) is 9.46. The number of para-hydroxylation sites is 2. The number of ether oxygens (including phenoxy) is 1. The van der Waals surface area contributed by atoms with Crippen molar-refractivity contribution in [3.63, 3.8) is 0 Å². The van der Waals surface area contributed by atoms with Crippen LogP contribution in [0.25, 0.3) is 0 Å². The summed E-state index contributed by atoms with van der Waals surface area (Å²) in [5.74, 6) is 1.92. The first-order valence-corrected chi connectivity index (χ1v) is 10.3. The molecule has 3 rings (SSSR count). The van der Waals surface area contributed by atoms with E-state index in [0.717, 1.165) is 60.8 Å². The number of nitrogens with one attached hydrogen (secondary N) is 1. The molecule has 1 aliphatic rings. The average Bonchev–Trinajstić information content (AvgIpc) is 3.02. The lowest BCUT2D eigenvalue weighted by Crippen LogP contribution is -2.52. The maximum Gasteiger partial charge on any atom is 0.194 e. The van der Waals surface area contributed by atoms with Gasteiger partial charge >= 0.3 is 0 Å². The third-order valence-corrected chi connectivity index (χ3v) is 5.77. The van der Waals surface area contributed by atoms with Crippen LogP contribution in [-0.2, 0) is 6.54 Å². The van der Waals surface area contributed by atoms with Crippen LogP contribution in [0.5, 0.6) is 5.75 Å². The highest BCUT2D eigenvalue weighted by Crippen LogP contribution is 2.28. The minimum absolute atomic E-state index is 0. The molecule has 0 atom stereocenters. The number of aryl methyl sites for hydroxylation is 2. The number of hydrogen-bond donors (Lipinski definition) is 1. The first-order chi connectivity index (χ1) is 13.1. The molecule has 0 unspecified atom stereocenters. The van der Waals surface area contributed by atoms with E-state index in [0.29, 0.717) is 6.54 Å². The Bertz CT molecular complexity index is 787. The van der Waals surface area contributed by atoms with Gasteiger partial charge in [0, 0.05) is 37.6 Å². The van der Waals surface area contributed by atoms with Crippen LogP contribution in [0, 0.1) is 13.8 Å². The molecule has 1 aromatic heterocycles. The summed E-state index contributed by atoms with van der Waals surface area (Å²) in [7, 11) is 1.73. The van der Waals surface area contributed by atoms with Gasteiger partial charge in [0.1, 0.15) is 5.75 Å². The zero-order chi connectivity index (χ0) is 19.2. The monoisotopic (exact) mass is 515 g/mol. The van der Waals surface area contributed by atoms with Gasteiger partial charge in [0.25, 0.3) is 0 Å². The van der Waals surface area contributed by atoms with Gasteiger partial charge in [0.2, 0.25) is 0 Å². The summed E-state index contributed by atoms with van der Waals surface area (Å²) in [6, 6.07) is 8.22. The molecule has 0 aliphatic carbocycles. The molecule has 0 saturated carbocycles. The molecule has 6 nitrogen and oxygen atoms in total. The van der Waals surface area contributed by atoms with Crippen LogP contribution in [-0.4, -0.2) is 55.7 Å². The number of halogens is 1. The Balaban J connectivity index is 0.00000280. The molecule has 28 heavy (non-hydrogen) atoms. The van der Waals surface area contributed by atoms with Gasteiger partial charge in [-0.05, 0) is 32.9 Å². The molecule has 0 spiro atoms. The number of benzene rings is 1. The topological polar surface area (TPSA) is 53.0 Å². The van der Waals surface area contributed by atoms with Crippen LogP contribution in [0.2, 0.25) is 0 Å². The Hall–Kier alpha value is -1.55. The van der Waals surface area contributed by atoms with Gasteiger partial charge in [-0.15, -0.1) is 35.3 Å². The van der Waals surface area contributed by atoms with Crippen molar-refractivity contribution >= 4 is 47.0 Å². The van der Waals surface area contributed by atoms with E-state index in [1.807, 2.05) is 19.1 Å². The number of aliphatic imine (C=N–C) groups is 1. The summed E-state index contributed by atoms with van der Waals surface area (Å²) in [5, 5.41) is 4.55. The third kappa shape index (κ3) is 5.50. The molecule has 0 radical (unpaired) electrons. The first kappa shape index (κ1) is 22.7. The fourth-order valence-electron chi connectivity index (χ4n) is 3.34. The van der Waals surface area contributed by atoms with Crippen molar-refractivity contribution in [1.29, 1.82) is 0 Å². The smallest absolute Gasteiger partial charge is 0.194 e. The molecule has 1 saturated heterocycles. The van der Waals surface area contributed by atoms with Crippen molar-refractivity contribution in [2.24, 2.45) is 4.99 Å². The number of hydrogen-bond acceptors (Lipinski definition) is 5. The predicted molar refractivity (Wildman–Crippen MR) is 129 cm³/mol. The maximum absolute atomic E-state index is 5.52. The number of piperazine rings is 1. The summed E-state index contributed by atoms with van der Waals surface area (Å²) < 4.78 is 5.52. The zero-order valence-electron chi connectivity index (χ0n) is 17.1. The summed E-state index contributed by atoms with van der Waals surface area (Å²) in [4.78, 5) is 15.4. The molecule has 8 heteroatoms. The van der Waals surface area contributed by atoms with Gasteiger partial charge in [0.05, 0.1) is 30.0 Å². The van der Waals surface area contributed by atoms with Crippen molar-refractivity contribution in [3.05, 3.63) is 39.8 Å². The number of methoxy groups -OCH3 is 1. The molecule has 0 bridgehead atoms. The lowest BCUT2D eigenvalue weighted by Gasteiger charge is -2.38. The Morgan fingerprint density at radius 2 is 1.93 bits per heavy atom. The Morgan fingerprint density at radius 3 is 2.54 bits per heavy atom. The fourth-order valence-corrected chi connectivity index (χ4v) is 4.20. The molecule has 1 fully saturated rings. The quantitative estimate of drug-likeness (QED) is 0.374. The molecule has 1 aromatic carbocycles. The highest BCUT2D eigenvalue weighted by molar-refractivity contribution is 14.0. The van der Waals surface area contributed by atoms with Crippen molar-refractivity contribution in [2.45, 2.75) is 27.3 Å². The maximum atomic E-state index is 5.52. The third-order valence-electron chi connectivity index (χ3n) is 4.71. The van der Waals surface area contributed by atoms with Crippen LogP contribution >= 0.6 is 35.3 Å². The van der Waals surface area contributed by atoms with E-state index < -0.39 is 0 Å². The molecule has 154 valence electrons. The second-order valence-electron chi connectivity index (χ2n) is 6.56. The number of nitrogens with zero attached hydrogens (tertiary/aromatic N) is 4. The summed E-state index contributed by atoms with van der Waals surface area (Å²) >= 11 is 1.74. The van der Waals surface area contributed by atoms with Crippen molar-refractivity contribution in [1.82, 2.24) is 15.2 Å². The molecule has 0 amide bonds. The van der Waals surface area contributed by atoms with E-state index in [1.54, 1.807) is 18.4 Å². The Labute approximate surface area is 189 Å². The van der Waals surface area contributed by atoms with Crippen LogP contribution in [0.4, 0.5) is 5.69 Å². The molecular formula is C20H30IN5OS. The number of rotatable bonds is 5. The lowest BCUT2D eigenvalue weighted by atomic mass is 10.2. The van der Waals surface area contributed by atoms with Crippen molar-refractivity contribution in [3.8, 4) is 5.75 Å². The van der Waals surface area contributed by atoms with Gasteiger partial charge in [-0.1, -0.05) is 12.1 Å². The van der Waals surface area contributed by atoms with Crippen molar-refractivity contribution in [2.75, 3.05) is 44.7 Å².